The Bertz CT molecular complexity index is 1270. The van der Waals surface area contributed by atoms with Crippen LogP contribution in [0, 0.1) is 19.8 Å². The van der Waals surface area contributed by atoms with Crippen molar-refractivity contribution in [2.75, 3.05) is 14.2 Å². The molecule has 0 fully saturated rings. The number of ether oxygens (including phenoxy) is 2. The van der Waals surface area contributed by atoms with Crippen molar-refractivity contribution in [2.45, 2.75) is 46.6 Å². The molecule has 7 heteroatoms. The third-order valence-electron chi connectivity index (χ3n) is 6.58. The lowest BCUT2D eigenvalue weighted by Gasteiger charge is -2.19. The Hall–Kier alpha value is -3.45. The Morgan fingerprint density at radius 3 is 2.32 bits per heavy atom. The van der Waals surface area contributed by atoms with E-state index in [0.717, 1.165) is 40.6 Å². The average molecular weight is 461 g/mol. The number of fused-ring (bicyclic) bond motifs is 1. The van der Waals surface area contributed by atoms with E-state index in [1.54, 1.807) is 13.2 Å². The first-order valence-corrected chi connectivity index (χ1v) is 11.6. The van der Waals surface area contributed by atoms with Gasteiger partial charge in [0, 0.05) is 28.8 Å². The molecule has 1 N–H and O–H groups in total. The van der Waals surface area contributed by atoms with E-state index < -0.39 is 6.10 Å². The number of pyridine rings is 1. The van der Waals surface area contributed by atoms with Crippen molar-refractivity contribution in [3.8, 4) is 29.0 Å². The molecule has 1 aromatic carbocycles. The maximum absolute atomic E-state index is 11.4. The summed E-state index contributed by atoms with van der Waals surface area (Å²) in [5.74, 6) is 1.12. The summed E-state index contributed by atoms with van der Waals surface area (Å²) in [5.41, 5.74) is 6.03. The summed E-state index contributed by atoms with van der Waals surface area (Å²) >= 11 is 0. The number of hydrogen-bond donors (Lipinski definition) is 1. The molecule has 0 aliphatic carbocycles. The van der Waals surface area contributed by atoms with Crippen molar-refractivity contribution in [1.29, 1.82) is 0 Å². The molecular formula is C27H32N4O3. The van der Waals surface area contributed by atoms with Crippen molar-refractivity contribution < 1.29 is 14.6 Å². The molecular weight excluding hydrogens is 428 g/mol. The molecule has 0 saturated carbocycles. The third kappa shape index (κ3) is 4.23. The summed E-state index contributed by atoms with van der Waals surface area (Å²) in [6.07, 6.45) is 4.95. The highest BCUT2D eigenvalue weighted by Crippen LogP contribution is 2.37. The van der Waals surface area contributed by atoms with Gasteiger partial charge in [0.25, 0.3) is 0 Å². The number of methoxy groups -OCH3 is 2. The molecule has 0 saturated heterocycles. The lowest BCUT2D eigenvalue weighted by Crippen LogP contribution is -2.10. The van der Waals surface area contributed by atoms with Gasteiger partial charge in [-0.05, 0) is 37.0 Å². The molecule has 4 rings (SSSR count). The van der Waals surface area contributed by atoms with Crippen LogP contribution < -0.4 is 9.47 Å². The second-order valence-electron chi connectivity index (χ2n) is 8.58. The smallest absolute Gasteiger partial charge is 0.321 e. The zero-order chi connectivity index (χ0) is 24.4. The van der Waals surface area contributed by atoms with Crippen LogP contribution >= 0.6 is 0 Å². The van der Waals surface area contributed by atoms with Gasteiger partial charge < -0.3 is 14.6 Å². The van der Waals surface area contributed by atoms with Crippen molar-refractivity contribution in [3.05, 3.63) is 59.4 Å². The summed E-state index contributed by atoms with van der Waals surface area (Å²) in [5, 5.41) is 12.3. The zero-order valence-electron chi connectivity index (χ0n) is 20.7. The van der Waals surface area contributed by atoms with E-state index in [0.29, 0.717) is 11.7 Å². The number of benzene rings is 1. The number of nitrogens with zero attached hydrogens (tertiary/aromatic N) is 4. The SMILES string of the molecule is CCC(CC)C(O)c1cn(-c2cc(OC)nc(OC)n2)c2cnc(-c3c(C)cccc3C)cc12. The molecule has 1 unspecified atom stereocenters. The first-order chi connectivity index (χ1) is 16.4. The second-order valence-corrected chi connectivity index (χ2v) is 8.58. The lowest BCUT2D eigenvalue weighted by molar-refractivity contribution is 0.104. The fraction of sp³-hybridized carbons (Fsp3) is 0.370. The molecule has 3 heterocycles. The highest BCUT2D eigenvalue weighted by Gasteiger charge is 2.24. The lowest BCUT2D eigenvalue weighted by atomic mass is 9.91. The summed E-state index contributed by atoms with van der Waals surface area (Å²) in [6.45, 7) is 8.42. The summed E-state index contributed by atoms with van der Waals surface area (Å²) < 4.78 is 12.6. The van der Waals surface area contributed by atoms with Gasteiger partial charge >= 0.3 is 6.01 Å². The van der Waals surface area contributed by atoms with Gasteiger partial charge in [0.05, 0.1) is 37.7 Å². The van der Waals surface area contributed by atoms with Crippen LogP contribution in [0.15, 0.2) is 42.7 Å². The van der Waals surface area contributed by atoms with Crippen LogP contribution in [0.3, 0.4) is 0 Å². The van der Waals surface area contributed by atoms with Crippen molar-refractivity contribution in [2.24, 2.45) is 5.92 Å². The fourth-order valence-corrected chi connectivity index (χ4v) is 4.63. The first-order valence-electron chi connectivity index (χ1n) is 11.6. The van der Waals surface area contributed by atoms with Crippen LogP contribution in [0.2, 0.25) is 0 Å². The molecule has 1 atom stereocenters. The van der Waals surface area contributed by atoms with Crippen LogP contribution in [0.25, 0.3) is 28.0 Å². The van der Waals surface area contributed by atoms with Crippen LogP contribution in [-0.2, 0) is 0 Å². The first kappa shape index (κ1) is 23.7. The van der Waals surface area contributed by atoms with Gasteiger partial charge in [-0.3, -0.25) is 9.55 Å². The Morgan fingerprint density at radius 1 is 1.00 bits per heavy atom. The highest BCUT2D eigenvalue weighted by molar-refractivity contribution is 5.89. The Labute approximate surface area is 200 Å². The summed E-state index contributed by atoms with van der Waals surface area (Å²) in [6, 6.07) is 10.3. The van der Waals surface area contributed by atoms with E-state index in [2.05, 4.69) is 61.9 Å². The van der Waals surface area contributed by atoms with Crippen LogP contribution in [0.1, 0.15) is 49.5 Å². The summed E-state index contributed by atoms with van der Waals surface area (Å²) in [4.78, 5) is 13.6. The number of aromatic nitrogens is 4. The molecule has 0 bridgehead atoms. The van der Waals surface area contributed by atoms with Gasteiger partial charge in [0.1, 0.15) is 5.82 Å². The number of rotatable bonds is 8. The molecule has 0 aliphatic rings. The largest absolute Gasteiger partial charge is 0.481 e. The normalized spacial score (nSPS) is 12.4. The quantitative estimate of drug-likeness (QED) is 0.369. The molecule has 4 aromatic rings. The summed E-state index contributed by atoms with van der Waals surface area (Å²) in [7, 11) is 3.08. The van der Waals surface area contributed by atoms with E-state index in [1.807, 2.05) is 17.0 Å². The Balaban J connectivity index is 1.99. The maximum atomic E-state index is 11.4. The standard InChI is InChI=1S/C27H32N4O3/c1-7-18(8-2)26(32)20-15-31(23-13-24(33-5)30-27(29-23)34-6)22-14-28-21(12-19(20)22)25-16(3)10-9-11-17(25)4/h9-15,18,26,32H,7-8H2,1-6H3. The van der Waals surface area contributed by atoms with Crippen molar-refractivity contribution in [1.82, 2.24) is 19.5 Å². The molecule has 0 radical (unpaired) electrons. The number of aliphatic hydroxyl groups excluding tert-OH is 1. The number of aryl methyl sites for hydroxylation is 2. The molecule has 34 heavy (non-hydrogen) atoms. The average Bonchev–Trinajstić information content (AvgIpc) is 3.23. The van der Waals surface area contributed by atoms with Crippen molar-refractivity contribution >= 4 is 10.9 Å². The topological polar surface area (TPSA) is 82.3 Å². The Kier molecular flexibility index (Phi) is 6.84. The van der Waals surface area contributed by atoms with E-state index >= 15 is 0 Å². The van der Waals surface area contributed by atoms with Crippen LogP contribution in [-0.4, -0.2) is 38.8 Å². The number of hydrogen-bond acceptors (Lipinski definition) is 6. The van der Waals surface area contributed by atoms with Gasteiger partial charge in [-0.1, -0.05) is 44.9 Å². The maximum Gasteiger partial charge on any atom is 0.321 e. The minimum atomic E-state index is -0.613. The molecule has 0 spiro atoms. The minimum Gasteiger partial charge on any atom is -0.481 e. The molecule has 0 aliphatic heterocycles. The molecule has 3 aromatic heterocycles. The Morgan fingerprint density at radius 2 is 1.71 bits per heavy atom. The minimum absolute atomic E-state index is 0.144. The predicted molar refractivity (Wildman–Crippen MR) is 134 cm³/mol. The molecule has 178 valence electrons. The fourth-order valence-electron chi connectivity index (χ4n) is 4.63. The van der Waals surface area contributed by atoms with Gasteiger partial charge in [0.2, 0.25) is 5.88 Å². The molecule has 0 amide bonds. The van der Waals surface area contributed by atoms with E-state index in [-0.39, 0.29) is 11.9 Å². The van der Waals surface area contributed by atoms with E-state index in [4.69, 9.17) is 14.5 Å². The highest BCUT2D eigenvalue weighted by atomic mass is 16.5. The van der Waals surface area contributed by atoms with E-state index in [1.165, 1.54) is 18.2 Å². The molecule has 7 nitrogen and oxygen atoms in total. The zero-order valence-corrected chi connectivity index (χ0v) is 20.7. The monoisotopic (exact) mass is 460 g/mol. The van der Waals surface area contributed by atoms with Crippen molar-refractivity contribution in [3.63, 3.8) is 0 Å². The van der Waals surface area contributed by atoms with Gasteiger partial charge in [-0.2, -0.15) is 9.97 Å². The van der Waals surface area contributed by atoms with Crippen LogP contribution in [0.5, 0.6) is 11.9 Å². The third-order valence-corrected chi connectivity index (χ3v) is 6.58. The van der Waals surface area contributed by atoms with Gasteiger partial charge in [-0.15, -0.1) is 0 Å². The van der Waals surface area contributed by atoms with Gasteiger partial charge in [0.15, 0.2) is 0 Å². The van der Waals surface area contributed by atoms with Gasteiger partial charge in [-0.25, -0.2) is 0 Å². The second kappa shape index (κ2) is 9.81. The predicted octanol–water partition coefficient (Wildman–Crippen LogP) is 5.59. The van der Waals surface area contributed by atoms with E-state index in [9.17, 15) is 5.11 Å². The van der Waals surface area contributed by atoms with Crippen LogP contribution in [0.4, 0.5) is 0 Å². The number of aliphatic hydroxyl groups is 1.